The number of aliphatic hydroxyl groups is 1. The van der Waals surface area contributed by atoms with E-state index in [2.05, 4.69) is 51.3 Å². The summed E-state index contributed by atoms with van der Waals surface area (Å²) >= 11 is 0. The van der Waals surface area contributed by atoms with Gasteiger partial charge in [0.2, 0.25) is 0 Å². The first-order valence-corrected chi connectivity index (χ1v) is 10.6. The number of rotatable bonds is 6. The Labute approximate surface area is 173 Å². The van der Waals surface area contributed by atoms with Gasteiger partial charge >= 0.3 is 5.97 Å². The van der Waals surface area contributed by atoms with Gasteiger partial charge in [-0.2, -0.15) is 0 Å². The molecule has 1 saturated heterocycles. The predicted octanol–water partition coefficient (Wildman–Crippen LogP) is 1.11. The van der Waals surface area contributed by atoms with Gasteiger partial charge in [-0.05, 0) is 30.4 Å². The highest BCUT2D eigenvalue weighted by Crippen LogP contribution is 2.24. The molecule has 0 radical (unpaired) electrons. The lowest BCUT2D eigenvalue weighted by Crippen LogP contribution is -2.42. The van der Waals surface area contributed by atoms with Crippen LogP contribution < -0.4 is 5.32 Å². The fraction of sp³-hybridized carbons (Fsp3) is 0.636. The van der Waals surface area contributed by atoms with Crippen LogP contribution in [-0.2, 0) is 22.5 Å². The Kier molecular flexibility index (Phi) is 7.50. The second-order valence-corrected chi connectivity index (χ2v) is 8.11. The maximum atomic E-state index is 12.0. The van der Waals surface area contributed by atoms with Crippen molar-refractivity contribution < 1.29 is 14.6 Å². The standard InChI is InChI=1S/C22H34N4O3/c1-4-23-22(26-12-16(2)20(15-26)21(28)29-3)24-11-19(27)14-25-10-9-17-7-5-6-8-18(17)13-25/h5-8,16,19-20,27H,4,9-15H2,1-3H3,(H,23,24). The summed E-state index contributed by atoms with van der Waals surface area (Å²) in [5.74, 6) is 0.668. The largest absolute Gasteiger partial charge is 0.469 e. The Hall–Kier alpha value is -2.12. The first-order chi connectivity index (χ1) is 14.0. The van der Waals surface area contributed by atoms with Crippen LogP contribution >= 0.6 is 0 Å². The number of methoxy groups -OCH3 is 1. The molecule has 0 saturated carbocycles. The lowest BCUT2D eigenvalue weighted by molar-refractivity contribution is -0.145. The van der Waals surface area contributed by atoms with Crippen LogP contribution in [0.3, 0.4) is 0 Å². The summed E-state index contributed by atoms with van der Waals surface area (Å²) in [4.78, 5) is 21.0. The number of nitrogens with zero attached hydrogens (tertiary/aromatic N) is 3. The molecule has 2 heterocycles. The second kappa shape index (κ2) is 10.1. The molecule has 3 unspecified atom stereocenters. The summed E-state index contributed by atoms with van der Waals surface area (Å²) in [7, 11) is 1.44. The van der Waals surface area contributed by atoms with Gasteiger partial charge in [-0.1, -0.05) is 31.2 Å². The number of aliphatic hydroxyl groups excluding tert-OH is 1. The molecule has 1 aromatic carbocycles. The zero-order valence-corrected chi connectivity index (χ0v) is 17.8. The van der Waals surface area contributed by atoms with Gasteiger partial charge in [0, 0.05) is 39.3 Å². The minimum absolute atomic E-state index is 0.137. The molecule has 2 aliphatic rings. The van der Waals surface area contributed by atoms with E-state index in [0.29, 0.717) is 19.6 Å². The van der Waals surface area contributed by atoms with E-state index in [9.17, 15) is 9.90 Å². The number of hydrogen-bond acceptors (Lipinski definition) is 5. The van der Waals surface area contributed by atoms with Crippen molar-refractivity contribution >= 4 is 11.9 Å². The number of esters is 1. The maximum absolute atomic E-state index is 12.0. The molecule has 2 aliphatic heterocycles. The van der Waals surface area contributed by atoms with Gasteiger partial charge in [0.15, 0.2) is 5.96 Å². The normalized spacial score (nSPS) is 23.6. The molecule has 0 aliphatic carbocycles. The van der Waals surface area contributed by atoms with Crippen LogP contribution in [0.4, 0.5) is 0 Å². The molecule has 0 bridgehead atoms. The number of ether oxygens (including phenoxy) is 1. The van der Waals surface area contributed by atoms with Crippen LogP contribution in [0.15, 0.2) is 29.3 Å². The molecule has 0 aromatic heterocycles. The quantitative estimate of drug-likeness (QED) is 0.422. The lowest BCUT2D eigenvalue weighted by Gasteiger charge is -2.30. The number of likely N-dealkylation sites (tertiary alicyclic amines) is 1. The van der Waals surface area contributed by atoms with E-state index in [4.69, 9.17) is 4.74 Å². The molecule has 3 rings (SSSR count). The summed E-state index contributed by atoms with van der Waals surface area (Å²) in [6, 6.07) is 8.52. The van der Waals surface area contributed by atoms with Crippen LogP contribution in [0.1, 0.15) is 25.0 Å². The minimum atomic E-state index is -0.523. The molecule has 3 atom stereocenters. The number of β-amino-alcohol motifs (C(OH)–C–C–N with tert-alkyl or cyclic N) is 1. The smallest absolute Gasteiger partial charge is 0.310 e. The summed E-state index contributed by atoms with van der Waals surface area (Å²) < 4.78 is 4.93. The number of carbonyl (C=O) groups is 1. The molecule has 1 fully saturated rings. The summed E-state index contributed by atoms with van der Waals surface area (Å²) in [6.45, 7) is 8.97. The maximum Gasteiger partial charge on any atom is 0.310 e. The highest BCUT2D eigenvalue weighted by molar-refractivity contribution is 5.82. The summed E-state index contributed by atoms with van der Waals surface area (Å²) in [6.07, 6.45) is 0.500. The molecule has 29 heavy (non-hydrogen) atoms. The number of nitrogens with one attached hydrogen (secondary N) is 1. The van der Waals surface area contributed by atoms with Crippen molar-refractivity contribution in [3.63, 3.8) is 0 Å². The Balaban J connectivity index is 1.55. The number of fused-ring (bicyclic) bond motifs is 1. The van der Waals surface area contributed by atoms with Crippen molar-refractivity contribution in [2.75, 3.05) is 46.4 Å². The van der Waals surface area contributed by atoms with Gasteiger partial charge in [-0.3, -0.25) is 14.7 Å². The topological polar surface area (TPSA) is 77.4 Å². The number of guanidine groups is 1. The van der Waals surface area contributed by atoms with E-state index in [1.54, 1.807) is 0 Å². The zero-order chi connectivity index (χ0) is 20.8. The average Bonchev–Trinajstić information content (AvgIpc) is 3.12. The molecular formula is C22H34N4O3. The van der Waals surface area contributed by atoms with E-state index in [1.165, 1.54) is 18.2 Å². The van der Waals surface area contributed by atoms with Gasteiger partial charge in [-0.25, -0.2) is 0 Å². The predicted molar refractivity (Wildman–Crippen MR) is 114 cm³/mol. The molecule has 1 aromatic rings. The van der Waals surface area contributed by atoms with Gasteiger partial charge in [0.25, 0.3) is 0 Å². The number of benzene rings is 1. The molecule has 2 N–H and O–H groups in total. The van der Waals surface area contributed by atoms with E-state index in [1.807, 2.05) is 6.92 Å². The molecule has 7 heteroatoms. The van der Waals surface area contributed by atoms with E-state index in [-0.39, 0.29) is 17.8 Å². The van der Waals surface area contributed by atoms with E-state index in [0.717, 1.165) is 38.6 Å². The van der Waals surface area contributed by atoms with Crippen LogP contribution in [0.5, 0.6) is 0 Å². The summed E-state index contributed by atoms with van der Waals surface area (Å²) in [5.41, 5.74) is 2.76. The molecule has 160 valence electrons. The fourth-order valence-electron chi connectivity index (χ4n) is 4.28. The van der Waals surface area contributed by atoms with Gasteiger partial charge in [0.05, 0.1) is 25.7 Å². The van der Waals surface area contributed by atoms with Crippen molar-refractivity contribution in [1.82, 2.24) is 15.1 Å². The van der Waals surface area contributed by atoms with Gasteiger partial charge in [0.1, 0.15) is 0 Å². The van der Waals surface area contributed by atoms with Gasteiger partial charge < -0.3 is 20.1 Å². The minimum Gasteiger partial charge on any atom is -0.469 e. The first kappa shape index (κ1) is 21.6. The highest BCUT2D eigenvalue weighted by Gasteiger charge is 2.36. The fourth-order valence-corrected chi connectivity index (χ4v) is 4.28. The van der Waals surface area contributed by atoms with Crippen molar-refractivity contribution in [2.24, 2.45) is 16.8 Å². The lowest BCUT2D eigenvalue weighted by atomic mass is 9.99. The Bertz CT molecular complexity index is 724. The summed E-state index contributed by atoms with van der Waals surface area (Å²) in [5, 5.41) is 13.9. The second-order valence-electron chi connectivity index (χ2n) is 8.11. The van der Waals surface area contributed by atoms with Crippen molar-refractivity contribution in [3.8, 4) is 0 Å². The number of aliphatic imine (C=N–C) groups is 1. The number of hydrogen-bond donors (Lipinski definition) is 2. The van der Waals surface area contributed by atoms with Gasteiger partial charge in [-0.15, -0.1) is 0 Å². The third-order valence-electron chi connectivity index (χ3n) is 5.88. The zero-order valence-electron chi connectivity index (χ0n) is 17.8. The van der Waals surface area contributed by atoms with Crippen LogP contribution in [0.2, 0.25) is 0 Å². The average molecular weight is 403 g/mol. The SMILES string of the molecule is CCNC(=NCC(O)CN1CCc2ccccc2C1)N1CC(C)C(C(=O)OC)C1. The molecule has 7 nitrogen and oxygen atoms in total. The van der Waals surface area contributed by atoms with E-state index >= 15 is 0 Å². The van der Waals surface area contributed by atoms with Crippen molar-refractivity contribution in [1.29, 1.82) is 0 Å². The Morgan fingerprint density at radius 1 is 1.34 bits per heavy atom. The molecular weight excluding hydrogens is 368 g/mol. The molecule has 0 amide bonds. The third kappa shape index (κ3) is 5.48. The number of carbonyl (C=O) groups excluding carboxylic acids is 1. The molecule has 0 spiro atoms. The van der Waals surface area contributed by atoms with Crippen molar-refractivity contribution in [3.05, 3.63) is 35.4 Å². The van der Waals surface area contributed by atoms with Crippen LogP contribution in [0.25, 0.3) is 0 Å². The van der Waals surface area contributed by atoms with Crippen molar-refractivity contribution in [2.45, 2.75) is 32.9 Å². The van der Waals surface area contributed by atoms with Crippen LogP contribution in [-0.4, -0.2) is 79.3 Å². The first-order valence-electron chi connectivity index (χ1n) is 10.6. The third-order valence-corrected chi connectivity index (χ3v) is 5.88. The highest BCUT2D eigenvalue weighted by atomic mass is 16.5. The van der Waals surface area contributed by atoms with E-state index < -0.39 is 6.10 Å². The van der Waals surface area contributed by atoms with Crippen LogP contribution in [0, 0.1) is 11.8 Å². The Morgan fingerprint density at radius 2 is 2.10 bits per heavy atom. The monoisotopic (exact) mass is 402 g/mol. The Morgan fingerprint density at radius 3 is 2.83 bits per heavy atom.